The number of esters is 4. The number of hydrogen-bond acceptors (Lipinski definition) is 23. The number of ether oxygens (including phenoxy) is 7. The minimum atomic E-state index is -1.53. The minimum Gasteiger partial charge on any atom is -0.469 e. The van der Waals surface area contributed by atoms with Crippen molar-refractivity contribution in [2.45, 2.75) is 202 Å². The van der Waals surface area contributed by atoms with Crippen LogP contribution in [0.5, 0.6) is 0 Å². The molecule has 462 valence electrons. The number of aldehydes is 1. The van der Waals surface area contributed by atoms with E-state index in [2.05, 4.69) is 82.2 Å². The average molecular weight is 1170 g/mol. The smallest absolute Gasteiger partial charge is 0.408 e. The van der Waals surface area contributed by atoms with Gasteiger partial charge in [-0.25, -0.2) is 24.0 Å². The first kappa shape index (κ1) is 82.9. The number of nitrogens with one attached hydrogen (secondary N) is 8. The van der Waals surface area contributed by atoms with Gasteiger partial charge in [0.15, 0.2) is 12.3 Å². The molecule has 0 heterocycles. The van der Waals surface area contributed by atoms with Crippen molar-refractivity contribution in [3.63, 3.8) is 0 Å². The fourth-order valence-electron chi connectivity index (χ4n) is 4.95. The third kappa shape index (κ3) is 53.5. The summed E-state index contributed by atoms with van der Waals surface area (Å²) in [7, 11) is 4.45. The zero-order valence-electron chi connectivity index (χ0n) is 51.1. The Bertz CT molecular complexity index is 1750. The third-order valence-electron chi connectivity index (χ3n) is 7.64. The summed E-state index contributed by atoms with van der Waals surface area (Å²) in [5.41, 5.74) is -3.36. The van der Waals surface area contributed by atoms with E-state index in [0.717, 1.165) is 17.8 Å². The molecule has 79 heavy (non-hydrogen) atoms. The lowest BCUT2D eigenvalue weighted by Crippen LogP contribution is -2.62. The minimum absolute atomic E-state index is 0.0632. The monoisotopic (exact) mass is 1170 g/mol. The third-order valence-corrected chi connectivity index (χ3v) is 10.2. The van der Waals surface area contributed by atoms with Gasteiger partial charge >= 0.3 is 42.2 Å². The maximum absolute atomic E-state index is 13.2. The number of carbonyl (C=O) groups excluding carboxylic acids is 8. The molecular formula is C53H102N8O16S2. The summed E-state index contributed by atoms with van der Waals surface area (Å²) in [4.78, 5) is 103. The highest BCUT2D eigenvalue weighted by Crippen LogP contribution is 2.23. The molecule has 3 amide bonds. The van der Waals surface area contributed by atoms with E-state index in [4.69, 9.17) is 38.0 Å². The van der Waals surface area contributed by atoms with Crippen LogP contribution in [-0.4, -0.2) is 152 Å². The molecule has 0 aliphatic heterocycles. The second-order valence-electron chi connectivity index (χ2n) is 22.1. The Hall–Kier alpha value is -4.96. The van der Waals surface area contributed by atoms with Gasteiger partial charge < -0.3 is 53.9 Å². The number of carbonyl (C=O) groups is 8. The molecular weight excluding hydrogens is 1070 g/mol. The molecule has 3 unspecified atom stereocenters. The highest BCUT2D eigenvalue weighted by Gasteiger charge is 2.44. The summed E-state index contributed by atoms with van der Waals surface area (Å²) in [6.07, 6.45) is -2.63. The molecule has 0 aromatic carbocycles. The summed E-state index contributed by atoms with van der Waals surface area (Å²) in [5, 5.41) is 19.1. The van der Waals surface area contributed by atoms with Crippen LogP contribution in [0, 0.1) is 0 Å². The lowest BCUT2D eigenvalue weighted by molar-refractivity contribution is -0.168. The topological polar surface area (TPSA) is 307 Å². The molecule has 8 N–H and O–H groups in total. The molecule has 24 nitrogen and oxygen atoms in total. The quantitative estimate of drug-likeness (QED) is 0.00552. The second kappa shape index (κ2) is 42.9. The van der Waals surface area contributed by atoms with E-state index >= 15 is 0 Å². The Kier molecular flexibility index (Phi) is 45.0. The maximum Gasteiger partial charge on any atom is 0.408 e. The van der Waals surface area contributed by atoms with Gasteiger partial charge in [-0.2, -0.15) is 5.48 Å². The Morgan fingerprint density at radius 3 is 1.35 bits per heavy atom. The number of alkyl carbamates (subject to hydrolysis) is 3. The molecule has 26 heteroatoms. The van der Waals surface area contributed by atoms with Crippen molar-refractivity contribution in [3.05, 3.63) is 39.5 Å². The van der Waals surface area contributed by atoms with E-state index < -0.39 is 93.6 Å². The number of rotatable bonds is 28. The molecule has 0 aliphatic rings. The SMILES string of the molecule is C=C.C=C.C=C.CC(C)(C)OC(=O)NCNC(NC(NOCCCSSCCC=O)C(=O)OC(C)(C)C)C(=O)OC(C)(C)C.COC(=O)CC(CCNCNC(=O)OC(C)(C)C)(NCNC(=O)OC(C)(C)C)C(=O)OC(C)(C)C. The molecule has 0 aromatic heterocycles. The molecule has 3 atom stereocenters. The van der Waals surface area contributed by atoms with Crippen LogP contribution in [0.4, 0.5) is 14.4 Å². The Morgan fingerprint density at radius 2 is 0.937 bits per heavy atom. The van der Waals surface area contributed by atoms with E-state index in [1.807, 2.05) is 0 Å². The van der Waals surface area contributed by atoms with Crippen LogP contribution in [0.15, 0.2) is 39.5 Å². The molecule has 0 saturated heterocycles. The Labute approximate surface area is 480 Å². The molecule has 0 spiro atoms. The van der Waals surface area contributed by atoms with Crippen LogP contribution in [0.2, 0.25) is 0 Å². The van der Waals surface area contributed by atoms with Crippen LogP contribution in [-0.2, 0) is 62.0 Å². The van der Waals surface area contributed by atoms with Crippen molar-refractivity contribution in [3.8, 4) is 0 Å². The molecule has 0 aromatic rings. The highest BCUT2D eigenvalue weighted by molar-refractivity contribution is 8.76. The fraction of sp³-hybridized carbons (Fsp3) is 0.736. The molecule has 0 radical (unpaired) electrons. The lowest BCUT2D eigenvalue weighted by atomic mass is 9.90. The Morgan fingerprint density at radius 1 is 0.532 bits per heavy atom. The van der Waals surface area contributed by atoms with E-state index in [9.17, 15) is 38.4 Å². The van der Waals surface area contributed by atoms with Gasteiger partial charge in [-0.3, -0.25) is 35.7 Å². The number of amides is 3. The molecule has 0 fully saturated rings. The van der Waals surface area contributed by atoms with Crippen molar-refractivity contribution >= 4 is 70.0 Å². The summed E-state index contributed by atoms with van der Waals surface area (Å²) < 4.78 is 36.8. The number of hydrogen-bond donors (Lipinski definition) is 8. The number of methoxy groups -OCH3 is 1. The van der Waals surface area contributed by atoms with Gasteiger partial charge in [-0.1, -0.05) is 21.6 Å². The zero-order valence-corrected chi connectivity index (χ0v) is 52.7. The fourth-order valence-corrected chi connectivity index (χ4v) is 6.97. The predicted molar refractivity (Wildman–Crippen MR) is 312 cm³/mol. The van der Waals surface area contributed by atoms with Crippen LogP contribution in [0.1, 0.15) is 150 Å². The van der Waals surface area contributed by atoms with Crippen LogP contribution >= 0.6 is 21.6 Å². The van der Waals surface area contributed by atoms with Crippen LogP contribution in [0.3, 0.4) is 0 Å². The van der Waals surface area contributed by atoms with Crippen LogP contribution < -0.4 is 42.7 Å². The van der Waals surface area contributed by atoms with Crippen molar-refractivity contribution in [1.82, 2.24) is 42.7 Å². The summed E-state index contributed by atoms with van der Waals surface area (Å²) in [6.45, 7) is 49.2. The van der Waals surface area contributed by atoms with Crippen molar-refractivity contribution in [2.75, 3.05) is 51.8 Å². The molecule has 0 rings (SSSR count). The first-order chi connectivity index (χ1) is 36.2. The van der Waals surface area contributed by atoms with Gasteiger partial charge in [0.2, 0.25) is 0 Å². The van der Waals surface area contributed by atoms with Gasteiger partial charge in [-0.05, 0) is 144 Å². The summed E-state index contributed by atoms with van der Waals surface area (Å²) >= 11 is 0. The van der Waals surface area contributed by atoms with Gasteiger partial charge in [0.05, 0.1) is 40.1 Å². The van der Waals surface area contributed by atoms with E-state index in [1.165, 1.54) is 7.11 Å². The van der Waals surface area contributed by atoms with Crippen LogP contribution in [0.25, 0.3) is 0 Å². The first-order valence-corrected chi connectivity index (χ1v) is 27.9. The lowest BCUT2D eigenvalue weighted by Gasteiger charge is -2.35. The second-order valence-corrected chi connectivity index (χ2v) is 24.8. The van der Waals surface area contributed by atoms with Gasteiger partial charge in [-0.15, -0.1) is 39.5 Å². The van der Waals surface area contributed by atoms with Gasteiger partial charge in [0.1, 0.15) is 45.4 Å². The highest BCUT2D eigenvalue weighted by atomic mass is 33.1. The standard InChI is InChI=1S/C24H46N4O8S2.C23H44N4O8.3C2H4/c1-22(2,3)34-19(30)17(25-16-26-21(32)36-24(7,8)9)27-18(20(31)35-23(4,5)6)28-33-13-11-15-38-37-14-10-12-29;1-20(2,3)33-17(29)23(13-16(28)32-10,27-15-26-19(31)35-22(7,8)9)11-12-24-14-25-18(30)34-21(4,5)6;3*1-2/h12,17-18,25,27-28H,10-11,13-16H2,1-9H3,(H,26,32);24,27H,11-15H2,1-10H3,(H,25,30)(H,26,31);3*1-2H2. The largest absolute Gasteiger partial charge is 0.469 e. The van der Waals surface area contributed by atoms with Gasteiger partial charge in [0.25, 0.3) is 0 Å². The summed E-state index contributed by atoms with van der Waals surface area (Å²) in [5.74, 6) is -1.21. The molecule has 0 bridgehead atoms. The Balaban J connectivity index is -0.000000423. The van der Waals surface area contributed by atoms with Gasteiger partial charge in [0, 0.05) is 17.9 Å². The van der Waals surface area contributed by atoms with Crippen molar-refractivity contribution < 1.29 is 76.4 Å². The normalized spacial score (nSPS) is 12.9. The first-order valence-electron chi connectivity index (χ1n) is 25.4. The summed E-state index contributed by atoms with van der Waals surface area (Å²) in [6, 6.07) is 0. The zero-order chi connectivity index (χ0) is 62.9. The molecule has 0 saturated carbocycles. The van der Waals surface area contributed by atoms with E-state index in [-0.39, 0.29) is 46.0 Å². The maximum atomic E-state index is 13.2. The van der Waals surface area contributed by atoms with Crippen molar-refractivity contribution in [1.29, 1.82) is 0 Å². The average Bonchev–Trinajstić information content (AvgIpc) is 3.28. The van der Waals surface area contributed by atoms with E-state index in [1.54, 1.807) is 146 Å². The number of hydroxylamine groups is 1. The van der Waals surface area contributed by atoms with Crippen molar-refractivity contribution in [2.24, 2.45) is 0 Å². The van der Waals surface area contributed by atoms with E-state index in [0.29, 0.717) is 12.8 Å². The molecule has 0 aliphatic carbocycles. The predicted octanol–water partition coefficient (Wildman–Crippen LogP) is 7.44.